The molecule has 0 aliphatic heterocycles. The molecule has 2 aromatic carbocycles. The molecule has 33 heavy (non-hydrogen) atoms. The number of hydrogen-bond donors (Lipinski definition) is 1. The maximum atomic E-state index is 12.5. The summed E-state index contributed by atoms with van der Waals surface area (Å²) in [5, 5.41) is 7.34. The third-order valence-corrected chi connectivity index (χ3v) is 5.24. The highest BCUT2D eigenvalue weighted by Gasteiger charge is 2.16. The predicted molar refractivity (Wildman–Crippen MR) is 125 cm³/mol. The van der Waals surface area contributed by atoms with Gasteiger partial charge in [-0.1, -0.05) is 11.2 Å². The Morgan fingerprint density at radius 2 is 1.76 bits per heavy atom. The molecule has 0 atom stereocenters. The molecule has 1 amide bonds. The van der Waals surface area contributed by atoms with Crippen molar-refractivity contribution >= 4 is 28.3 Å². The molecule has 8 nitrogen and oxygen atoms in total. The van der Waals surface area contributed by atoms with Crippen molar-refractivity contribution in [2.75, 3.05) is 26.6 Å². The van der Waals surface area contributed by atoms with Crippen molar-refractivity contribution < 1.29 is 27.9 Å². The van der Waals surface area contributed by atoms with Crippen LogP contribution in [-0.4, -0.2) is 32.4 Å². The van der Waals surface area contributed by atoms with Gasteiger partial charge in [0.2, 0.25) is 5.91 Å². The van der Waals surface area contributed by atoms with E-state index in [2.05, 4.69) is 10.5 Å². The van der Waals surface area contributed by atoms with Crippen LogP contribution >= 0.6 is 0 Å². The van der Waals surface area contributed by atoms with Crippen LogP contribution in [0, 0.1) is 6.92 Å². The standard InChI is InChI=1S/C25H24N2O6/c1-14(8-25(28)26-24-9-15(2)33-27-24)17-11-18-19(13-32-22(18)12-21(17)30-4)16-6-7-20(29-3)23(10-16)31-5/h6-13H,1-5H3,(H,26,27,28)/b14-8+. The van der Waals surface area contributed by atoms with Crippen molar-refractivity contribution in [1.29, 1.82) is 0 Å². The zero-order chi connectivity index (χ0) is 23.5. The van der Waals surface area contributed by atoms with E-state index in [1.807, 2.05) is 37.3 Å². The highest BCUT2D eigenvalue weighted by Crippen LogP contribution is 2.39. The highest BCUT2D eigenvalue weighted by molar-refractivity contribution is 6.05. The molecule has 2 aromatic heterocycles. The molecular weight excluding hydrogens is 424 g/mol. The Morgan fingerprint density at radius 3 is 2.42 bits per heavy atom. The fourth-order valence-electron chi connectivity index (χ4n) is 3.62. The summed E-state index contributed by atoms with van der Waals surface area (Å²) < 4.78 is 27.1. The van der Waals surface area contributed by atoms with Gasteiger partial charge in [-0.15, -0.1) is 0 Å². The first-order chi connectivity index (χ1) is 15.9. The molecule has 0 aliphatic carbocycles. The van der Waals surface area contributed by atoms with E-state index in [1.54, 1.807) is 40.6 Å². The average Bonchev–Trinajstić information content (AvgIpc) is 3.42. The van der Waals surface area contributed by atoms with Gasteiger partial charge in [0, 0.05) is 34.7 Å². The molecular formula is C25H24N2O6. The minimum Gasteiger partial charge on any atom is -0.496 e. The van der Waals surface area contributed by atoms with Crippen molar-refractivity contribution in [3.63, 3.8) is 0 Å². The van der Waals surface area contributed by atoms with Gasteiger partial charge in [0.1, 0.15) is 17.1 Å². The van der Waals surface area contributed by atoms with Crippen LogP contribution in [0.5, 0.6) is 17.2 Å². The van der Waals surface area contributed by atoms with Gasteiger partial charge in [0.25, 0.3) is 0 Å². The lowest BCUT2D eigenvalue weighted by Gasteiger charge is -2.11. The number of methoxy groups -OCH3 is 3. The summed E-state index contributed by atoms with van der Waals surface area (Å²) in [6.45, 7) is 3.60. The Hall–Kier alpha value is -4.20. The highest BCUT2D eigenvalue weighted by atomic mass is 16.5. The van der Waals surface area contributed by atoms with Crippen LogP contribution < -0.4 is 19.5 Å². The lowest BCUT2D eigenvalue weighted by atomic mass is 9.99. The van der Waals surface area contributed by atoms with Crippen LogP contribution in [0.25, 0.3) is 27.7 Å². The molecule has 0 saturated carbocycles. The third-order valence-electron chi connectivity index (χ3n) is 5.24. The fourth-order valence-corrected chi connectivity index (χ4v) is 3.62. The Kier molecular flexibility index (Phi) is 6.08. The first-order valence-electron chi connectivity index (χ1n) is 10.2. The number of carbonyl (C=O) groups excluding carboxylic acids is 1. The smallest absolute Gasteiger partial charge is 0.249 e. The summed E-state index contributed by atoms with van der Waals surface area (Å²) in [6.07, 6.45) is 3.18. The fraction of sp³-hybridized carbons (Fsp3) is 0.200. The van der Waals surface area contributed by atoms with Gasteiger partial charge in [0.15, 0.2) is 17.3 Å². The zero-order valence-electron chi connectivity index (χ0n) is 19.0. The second-order valence-corrected chi connectivity index (χ2v) is 7.41. The van der Waals surface area contributed by atoms with Crippen LogP contribution in [0.15, 0.2) is 57.7 Å². The number of amides is 1. The minimum atomic E-state index is -0.324. The number of aromatic nitrogens is 1. The van der Waals surface area contributed by atoms with Crippen molar-refractivity contribution in [3.8, 4) is 28.4 Å². The Morgan fingerprint density at radius 1 is 1.00 bits per heavy atom. The molecule has 0 fully saturated rings. The average molecular weight is 448 g/mol. The van der Waals surface area contributed by atoms with Gasteiger partial charge in [-0.25, -0.2) is 0 Å². The number of carbonyl (C=O) groups is 1. The number of furan rings is 1. The van der Waals surface area contributed by atoms with E-state index in [1.165, 1.54) is 6.08 Å². The number of allylic oxidation sites excluding steroid dienone is 1. The first kappa shape index (κ1) is 22.0. The van der Waals surface area contributed by atoms with Gasteiger partial charge >= 0.3 is 0 Å². The lowest BCUT2D eigenvalue weighted by molar-refractivity contribution is -0.111. The van der Waals surface area contributed by atoms with Crippen LogP contribution in [0.1, 0.15) is 18.2 Å². The van der Waals surface area contributed by atoms with E-state index in [-0.39, 0.29) is 5.91 Å². The molecule has 0 aliphatic rings. The summed E-state index contributed by atoms with van der Waals surface area (Å²) in [4.78, 5) is 12.5. The molecule has 4 aromatic rings. The lowest BCUT2D eigenvalue weighted by Crippen LogP contribution is -2.08. The molecule has 0 radical (unpaired) electrons. The van der Waals surface area contributed by atoms with E-state index in [4.69, 9.17) is 23.2 Å². The topological polar surface area (TPSA) is 96.0 Å². The van der Waals surface area contributed by atoms with Crippen molar-refractivity contribution in [2.24, 2.45) is 0 Å². The first-order valence-corrected chi connectivity index (χ1v) is 10.2. The molecule has 8 heteroatoms. The Balaban J connectivity index is 1.73. The maximum Gasteiger partial charge on any atom is 0.249 e. The number of rotatable bonds is 7. The summed E-state index contributed by atoms with van der Waals surface area (Å²) >= 11 is 0. The van der Waals surface area contributed by atoms with E-state index < -0.39 is 0 Å². The summed E-state index contributed by atoms with van der Waals surface area (Å²) in [6, 6.07) is 11.1. The molecule has 170 valence electrons. The summed E-state index contributed by atoms with van der Waals surface area (Å²) in [5.74, 6) is 2.50. The monoisotopic (exact) mass is 448 g/mol. The molecule has 0 spiro atoms. The molecule has 4 rings (SSSR count). The number of nitrogens with one attached hydrogen (secondary N) is 1. The van der Waals surface area contributed by atoms with E-state index in [0.717, 1.165) is 22.1 Å². The van der Waals surface area contributed by atoms with E-state index in [9.17, 15) is 4.79 Å². The van der Waals surface area contributed by atoms with Gasteiger partial charge in [-0.05, 0) is 43.2 Å². The number of hydrogen-bond acceptors (Lipinski definition) is 7. The van der Waals surface area contributed by atoms with Gasteiger partial charge in [0.05, 0.1) is 27.6 Å². The number of aryl methyl sites for hydroxylation is 1. The Labute approximate surface area is 190 Å². The van der Waals surface area contributed by atoms with Gasteiger partial charge in [-0.2, -0.15) is 0 Å². The third kappa shape index (κ3) is 4.41. The van der Waals surface area contributed by atoms with Crippen LogP contribution in [0.2, 0.25) is 0 Å². The largest absolute Gasteiger partial charge is 0.496 e. The quantitative estimate of drug-likeness (QED) is 0.375. The maximum absolute atomic E-state index is 12.5. The summed E-state index contributed by atoms with van der Waals surface area (Å²) in [5.41, 5.74) is 3.93. The predicted octanol–water partition coefficient (Wildman–Crippen LogP) is 5.46. The molecule has 0 saturated heterocycles. The number of nitrogens with zero attached hydrogens (tertiary/aromatic N) is 1. The van der Waals surface area contributed by atoms with E-state index >= 15 is 0 Å². The van der Waals surface area contributed by atoms with Crippen LogP contribution in [-0.2, 0) is 4.79 Å². The van der Waals surface area contributed by atoms with Gasteiger partial charge in [-0.3, -0.25) is 4.79 Å². The second-order valence-electron chi connectivity index (χ2n) is 7.41. The number of ether oxygens (including phenoxy) is 3. The SMILES string of the molecule is COc1ccc(-c2coc3cc(OC)c(/C(C)=C/C(=O)Nc4cc(C)on4)cc23)cc1OC. The number of benzene rings is 2. The van der Waals surface area contributed by atoms with Crippen LogP contribution in [0.4, 0.5) is 5.82 Å². The van der Waals surface area contributed by atoms with Crippen molar-refractivity contribution in [2.45, 2.75) is 13.8 Å². The number of fused-ring (bicyclic) bond motifs is 1. The minimum absolute atomic E-state index is 0.324. The molecule has 0 bridgehead atoms. The van der Waals surface area contributed by atoms with Gasteiger partial charge < -0.3 is 28.5 Å². The van der Waals surface area contributed by atoms with Crippen molar-refractivity contribution in [3.05, 3.63) is 60.1 Å². The number of anilines is 1. The molecule has 0 unspecified atom stereocenters. The second kappa shape index (κ2) is 9.12. The Bertz CT molecular complexity index is 1350. The normalized spacial score (nSPS) is 11.5. The zero-order valence-corrected chi connectivity index (χ0v) is 19.0. The van der Waals surface area contributed by atoms with Crippen LogP contribution in [0.3, 0.4) is 0 Å². The van der Waals surface area contributed by atoms with Crippen molar-refractivity contribution in [1.82, 2.24) is 5.16 Å². The molecule has 1 N–H and O–H groups in total. The van der Waals surface area contributed by atoms with E-state index in [0.29, 0.717) is 40.0 Å². The molecule has 2 heterocycles. The summed E-state index contributed by atoms with van der Waals surface area (Å²) in [7, 11) is 4.77.